The molecule has 1 fully saturated rings. The van der Waals surface area contributed by atoms with Crippen LogP contribution in [0.3, 0.4) is 0 Å². The number of likely N-dealkylation sites (tertiary alicyclic amines) is 1. The molecule has 1 rings (SSSR count). The average Bonchev–Trinajstić information content (AvgIpc) is 2.32. The maximum atomic E-state index is 12.1. The molecule has 1 aliphatic rings. The van der Waals surface area contributed by atoms with E-state index in [1.54, 1.807) is 11.9 Å². The molecule has 1 heterocycles. The summed E-state index contributed by atoms with van der Waals surface area (Å²) in [7, 11) is 1.71. The van der Waals surface area contributed by atoms with Gasteiger partial charge in [-0.1, -0.05) is 0 Å². The third-order valence-electron chi connectivity index (χ3n) is 2.98. The number of nitrogens with zero attached hydrogens (tertiary/aromatic N) is 2. The van der Waals surface area contributed by atoms with Gasteiger partial charge in [0.2, 0.25) is 5.91 Å². The van der Waals surface area contributed by atoms with Crippen LogP contribution in [0.1, 0.15) is 26.2 Å². The van der Waals surface area contributed by atoms with E-state index in [9.17, 15) is 18.0 Å². The van der Waals surface area contributed by atoms with Crippen LogP contribution in [0.5, 0.6) is 0 Å². The quantitative estimate of drug-likeness (QED) is 0.413. The van der Waals surface area contributed by atoms with Crippen LogP contribution < -0.4 is 10.6 Å². The lowest BCUT2D eigenvalue weighted by molar-refractivity contribution is -0.133. The molecule has 0 bridgehead atoms. The van der Waals surface area contributed by atoms with Gasteiger partial charge in [0.15, 0.2) is 5.96 Å². The number of halogens is 4. The molecule has 0 aromatic rings. The van der Waals surface area contributed by atoms with Crippen molar-refractivity contribution in [2.24, 2.45) is 4.99 Å². The number of carbonyl (C=O) groups excluding carboxylic acids is 1. The van der Waals surface area contributed by atoms with E-state index in [0.29, 0.717) is 31.9 Å². The van der Waals surface area contributed by atoms with Crippen LogP contribution >= 0.6 is 24.0 Å². The molecule has 2 N–H and O–H groups in total. The molecule has 0 spiro atoms. The molecule has 5 nitrogen and oxygen atoms in total. The van der Waals surface area contributed by atoms with Gasteiger partial charge in [0.1, 0.15) is 0 Å². The van der Waals surface area contributed by atoms with Crippen molar-refractivity contribution in [3.8, 4) is 0 Å². The Morgan fingerprint density at radius 3 is 2.67 bits per heavy atom. The second-order valence-electron chi connectivity index (χ2n) is 4.78. The van der Waals surface area contributed by atoms with Crippen LogP contribution in [-0.2, 0) is 4.79 Å². The van der Waals surface area contributed by atoms with Crippen molar-refractivity contribution in [3.63, 3.8) is 0 Å². The summed E-state index contributed by atoms with van der Waals surface area (Å²) in [5.74, 6) is 0.451. The number of alkyl halides is 3. The number of hydrogen-bond acceptors (Lipinski definition) is 2. The predicted octanol–water partition coefficient (Wildman–Crippen LogP) is 1.73. The second kappa shape index (κ2) is 9.31. The number of hydrogen-bond donors (Lipinski definition) is 2. The number of guanidine groups is 1. The van der Waals surface area contributed by atoms with Crippen molar-refractivity contribution in [3.05, 3.63) is 0 Å². The highest BCUT2D eigenvalue weighted by Gasteiger charge is 2.26. The zero-order chi connectivity index (χ0) is 15.2. The zero-order valence-corrected chi connectivity index (χ0v) is 14.5. The molecule has 0 aliphatic carbocycles. The molecule has 9 heteroatoms. The Kier molecular flexibility index (Phi) is 8.98. The first kappa shape index (κ1) is 20.3. The minimum Gasteiger partial charge on any atom is -0.357 e. The van der Waals surface area contributed by atoms with Gasteiger partial charge in [-0.15, -0.1) is 24.0 Å². The van der Waals surface area contributed by atoms with Gasteiger partial charge in [-0.3, -0.25) is 9.79 Å². The van der Waals surface area contributed by atoms with Gasteiger partial charge in [-0.05, 0) is 13.3 Å². The van der Waals surface area contributed by atoms with Crippen LogP contribution in [0.4, 0.5) is 13.2 Å². The number of piperidine rings is 1. The molecular formula is C12H22F3IN4O. The third kappa shape index (κ3) is 8.32. The van der Waals surface area contributed by atoms with Crippen molar-refractivity contribution in [1.82, 2.24) is 15.5 Å². The fourth-order valence-electron chi connectivity index (χ4n) is 1.94. The van der Waals surface area contributed by atoms with Crippen LogP contribution in [0, 0.1) is 0 Å². The summed E-state index contributed by atoms with van der Waals surface area (Å²) in [4.78, 5) is 16.9. The molecule has 1 saturated heterocycles. The van der Waals surface area contributed by atoms with Crippen molar-refractivity contribution in [2.45, 2.75) is 38.4 Å². The minimum absolute atomic E-state index is 0. The molecule has 21 heavy (non-hydrogen) atoms. The SMILES string of the molecule is CCNC(=NCCC(F)(F)F)NC1CCC(=O)N(C)C1.I. The van der Waals surface area contributed by atoms with E-state index in [1.807, 2.05) is 6.92 Å². The lowest BCUT2D eigenvalue weighted by atomic mass is 10.1. The number of carbonyl (C=O) groups is 1. The highest BCUT2D eigenvalue weighted by molar-refractivity contribution is 14.0. The lowest BCUT2D eigenvalue weighted by Gasteiger charge is -2.31. The summed E-state index contributed by atoms with van der Waals surface area (Å²) in [6.07, 6.45) is -4.03. The van der Waals surface area contributed by atoms with Gasteiger partial charge < -0.3 is 15.5 Å². The van der Waals surface area contributed by atoms with Crippen LogP contribution in [-0.4, -0.2) is 55.7 Å². The first-order valence-corrected chi connectivity index (χ1v) is 6.67. The highest BCUT2D eigenvalue weighted by Crippen LogP contribution is 2.18. The number of rotatable bonds is 4. The van der Waals surface area contributed by atoms with E-state index >= 15 is 0 Å². The summed E-state index contributed by atoms with van der Waals surface area (Å²) < 4.78 is 36.3. The van der Waals surface area contributed by atoms with Crippen LogP contribution in [0.2, 0.25) is 0 Å². The van der Waals surface area contributed by atoms with Gasteiger partial charge in [-0.25, -0.2) is 0 Å². The largest absolute Gasteiger partial charge is 0.390 e. The van der Waals surface area contributed by atoms with Gasteiger partial charge in [-0.2, -0.15) is 13.2 Å². The summed E-state index contributed by atoms with van der Waals surface area (Å²) in [6.45, 7) is 2.64. The van der Waals surface area contributed by atoms with E-state index in [4.69, 9.17) is 0 Å². The third-order valence-corrected chi connectivity index (χ3v) is 2.98. The Balaban J connectivity index is 0.00000400. The first-order chi connectivity index (χ1) is 9.31. The van der Waals surface area contributed by atoms with Gasteiger partial charge in [0.25, 0.3) is 0 Å². The molecule has 1 unspecified atom stereocenters. The Bertz CT molecular complexity index is 363. The molecule has 1 aliphatic heterocycles. The average molecular weight is 422 g/mol. The van der Waals surface area contributed by atoms with Crippen molar-refractivity contribution >= 4 is 35.8 Å². The highest BCUT2D eigenvalue weighted by atomic mass is 127. The van der Waals surface area contributed by atoms with Crippen LogP contribution in [0.15, 0.2) is 4.99 Å². The molecule has 124 valence electrons. The Labute approximate surface area is 139 Å². The molecule has 0 aromatic heterocycles. The number of nitrogens with one attached hydrogen (secondary N) is 2. The molecule has 0 saturated carbocycles. The van der Waals surface area contributed by atoms with E-state index in [1.165, 1.54) is 0 Å². The van der Waals surface area contributed by atoms with Gasteiger partial charge in [0.05, 0.1) is 13.0 Å². The monoisotopic (exact) mass is 422 g/mol. The molecule has 1 atom stereocenters. The topological polar surface area (TPSA) is 56.7 Å². The Morgan fingerprint density at radius 1 is 1.48 bits per heavy atom. The number of amides is 1. The van der Waals surface area contributed by atoms with Crippen LogP contribution in [0.25, 0.3) is 0 Å². The fourth-order valence-corrected chi connectivity index (χ4v) is 1.94. The summed E-state index contributed by atoms with van der Waals surface area (Å²) in [6, 6.07) is 0.0152. The summed E-state index contributed by atoms with van der Waals surface area (Å²) in [5.41, 5.74) is 0. The van der Waals surface area contributed by atoms with Crippen molar-refractivity contribution < 1.29 is 18.0 Å². The standard InChI is InChI=1S/C12H21F3N4O.HI/c1-3-16-11(17-7-6-12(13,14)15)18-9-4-5-10(20)19(2)8-9;/h9H,3-8H2,1-2H3,(H2,16,17,18);1H. The van der Waals surface area contributed by atoms with Crippen molar-refractivity contribution in [2.75, 3.05) is 26.7 Å². The van der Waals surface area contributed by atoms with Crippen molar-refractivity contribution in [1.29, 1.82) is 0 Å². The molecule has 1 amide bonds. The number of aliphatic imine (C=N–C) groups is 1. The predicted molar refractivity (Wildman–Crippen MR) is 85.9 cm³/mol. The maximum Gasteiger partial charge on any atom is 0.390 e. The normalized spacial score (nSPS) is 20.0. The van der Waals surface area contributed by atoms with E-state index in [0.717, 1.165) is 0 Å². The second-order valence-corrected chi connectivity index (χ2v) is 4.78. The Morgan fingerprint density at radius 2 is 2.14 bits per heavy atom. The first-order valence-electron chi connectivity index (χ1n) is 6.67. The smallest absolute Gasteiger partial charge is 0.357 e. The summed E-state index contributed by atoms with van der Waals surface area (Å²) in [5, 5.41) is 5.98. The van der Waals surface area contributed by atoms with E-state index in [2.05, 4.69) is 15.6 Å². The van der Waals surface area contributed by atoms with Gasteiger partial charge >= 0.3 is 6.18 Å². The minimum atomic E-state index is -4.20. The molecule has 0 radical (unpaired) electrons. The Hall–Kier alpha value is -0.740. The van der Waals surface area contributed by atoms with E-state index < -0.39 is 12.6 Å². The number of likely N-dealkylation sites (N-methyl/N-ethyl adjacent to an activating group) is 1. The fraction of sp³-hybridized carbons (Fsp3) is 0.833. The maximum absolute atomic E-state index is 12.1. The summed E-state index contributed by atoms with van der Waals surface area (Å²) >= 11 is 0. The molecular weight excluding hydrogens is 400 g/mol. The van der Waals surface area contributed by atoms with Gasteiger partial charge in [0, 0.05) is 32.6 Å². The van der Waals surface area contributed by atoms with E-state index in [-0.39, 0.29) is 42.5 Å². The molecule has 0 aromatic carbocycles. The lowest BCUT2D eigenvalue weighted by Crippen LogP contribution is -2.51. The zero-order valence-electron chi connectivity index (χ0n) is 12.2.